The number of guanidine groups is 1. The van der Waals surface area contributed by atoms with Gasteiger partial charge in [0.2, 0.25) is 0 Å². The molecule has 104 valence electrons. The van der Waals surface area contributed by atoms with Crippen molar-refractivity contribution in [2.75, 3.05) is 20.1 Å². The Balaban J connectivity index is 2.33. The van der Waals surface area contributed by atoms with Gasteiger partial charge < -0.3 is 10.6 Å². The topological polar surface area (TPSA) is 36.4 Å². The first-order chi connectivity index (χ1) is 9.27. The van der Waals surface area contributed by atoms with Crippen molar-refractivity contribution in [1.82, 2.24) is 10.6 Å². The molecule has 1 aromatic rings. The first-order valence-corrected chi connectivity index (χ1v) is 6.88. The molecule has 1 atom stereocenters. The fourth-order valence-electron chi connectivity index (χ4n) is 1.81. The number of allylic oxidation sites excluding steroid dienone is 1. The highest BCUT2D eigenvalue weighted by atomic mass is 15.2. The molecular formula is C16H25N3. The van der Waals surface area contributed by atoms with Crippen molar-refractivity contribution in [2.45, 2.75) is 26.2 Å². The Hall–Kier alpha value is -1.77. The average molecular weight is 259 g/mol. The second-order valence-corrected chi connectivity index (χ2v) is 4.55. The minimum atomic E-state index is 0.468. The van der Waals surface area contributed by atoms with Crippen molar-refractivity contribution in [3.63, 3.8) is 0 Å². The summed E-state index contributed by atoms with van der Waals surface area (Å²) in [4.78, 5) is 4.22. The number of aliphatic imine (C=N–C) groups is 1. The predicted molar refractivity (Wildman–Crippen MR) is 83.7 cm³/mol. The third kappa shape index (κ3) is 6.09. The van der Waals surface area contributed by atoms with E-state index >= 15 is 0 Å². The maximum Gasteiger partial charge on any atom is 0.191 e. The normalized spacial score (nSPS) is 13.5. The molecule has 1 rings (SSSR count). The quantitative estimate of drug-likeness (QED) is 0.357. The average Bonchev–Trinajstić information content (AvgIpc) is 2.47. The van der Waals surface area contributed by atoms with Crippen LogP contribution >= 0.6 is 0 Å². The summed E-state index contributed by atoms with van der Waals surface area (Å²) in [5, 5.41) is 6.66. The van der Waals surface area contributed by atoms with E-state index in [-0.39, 0.29) is 0 Å². The largest absolute Gasteiger partial charge is 0.356 e. The molecule has 0 saturated heterocycles. The molecule has 0 amide bonds. The van der Waals surface area contributed by atoms with Crippen LogP contribution in [0.1, 0.15) is 31.7 Å². The number of hydrogen-bond donors (Lipinski definition) is 2. The van der Waals surface area contributed by atoms with Crippen molar-refractivity contribution >= 4 is 5.96 Å². The first kappa shape index (κ1) is 15.3. The number of rotatable bonds is 6. The fraction of sp³-hybridized carbons (Fsp3) is 0.438. The third-order valence-corrected chi connectivity index (χ3v) is 3.01. The van der Waals surface area contributed by atoms with Crippen molar-refractivity contribution in [2.24, 2.45) is 4.99 Å². The molecule has 0 aliphatic heterocycles. The molecule has 0 radical (unpaired) electrons. The van der Waals surface area contributed by atoms with Crippen LogP contribution < -0.4 is 10.6 Å². The van der Waals surface area contributed by atoms with Crippen molar-refractivity contribution in [3.8, 4) is 0 Å². The molecule has 3 nitrogen and oxygen atoms in total. The Kier molecular flexibility index (Phi) is 7.40. The maximum absolute atomic E-state index is 4.22. The Bertz CT molecular complexity index is 396. The van der Waals surface area contributed by atoms with Crippen LogP contribution in [0.3, 0.4) is 0 Å². The SMILES string of the molecule is CC=CCCNC(=NC)NCC(C)c1ccccc1. The molecule has 19 heavy (non-hydrogen) atoms. The lowest BCUT2D eigenvalue weighted by molar-refractivity contribution is 0.699. The minimum Gasteiger partial charge on any atom is -0.356 e. The van der Waals surface area contributed by atoms with Crippen LogP contribution in [-0.2, 0) is 0 Å². The molecule has 0 fully saturated rings. The summed E-state index contributed by atoms with van der Waals surface area (Å²) in [6.45, 7) is 6.04. The first-order valence-electron chi connectivity index (χ1n) is 6.88. The van der Waals surface area contributed by atoms with E-state index in [1.54, 1.807) is 7.05 Å². The Morgan fingerprint density at radius 1 is 1.26 bits per heavy atom. The third-order valence-electron chi connectivity index (χ3n) is 3.01. The number of hydrogen-bond acceptors (Lipinski definition) is 1. The van der Waals surface area contributed by atoms with E-state index in [0.717, 1.165) is 25.5 Å². The van der Waals surface area contributed by atoms with Gasteiger partial charge in [-0.15, -0.1) is 0 Å². The van der Waals surface area contributed by atoms with Gasteiger partial charge in [0, 0.05) is 20.1 Å². The molecule has 1 unspecified atom stereocenters. The van der Waals surface area contributed by atoms with Gasteiger partial charge >= 0.3 is 0 Å². The van der Waals surface area contributed by atoms with Gasteiger partial charge in [0.25, 0.3) is 0 Å². The number of nitrogens with one attached hydrogen (secondary N) is 2. The molecule has 1 aromatic carbocycles. The van der Waals surface area contributed by atoms with E-state index in [1.807, 2.05) is 13.0 Å². The van der Waals surface area contributed by atoms with Crippen molar-refractivity contribution in [1.29, 1.82) is 0 Å². The van der Waals surface area contributed by atoms with E-state index in [2.05, 4.69) is 59.0 Å². The molecule has 0 heterocycles. The van der Waals surface area contributed by atoms with Gasteiger partial charge in [0.05, 0.1) is 0 Å². The fourth-order valence-corrected chi connectivity index (χ4v) is 1.81. The summed E-state index contributed by atoms with van der Waals surface area (Å²) in [6.07, 6.45) is 5.23. The van der Waals surface area contributed by atoms with Gasteiger partial charge in [-0.2, -0.15) is 0 Å². The van der Waals surface area contributed by atoms with Crippen LogP contribution in [0.4, 0.5) is 0 Å². The van der Waals surface area contributed by atoms with Crippen LogP contribution in [0.25, 0.3) is 0 Å². The highest BCUT2D eigenvalue weighted by Crippen LogP contribution is 2.12. The van der Waals surface area contributed by atoms with Crippen molar-refractivity contribution in [3.05, 3.63) is 48.0 Å². The summed E-state index contributed by atoms with van der Waals surface area (Å²) >= 11 is 0. The summed E-state index contributed by atoms with van der Waals surface area (Å²) < 4.78 is 0. The minimum absolute atomic E-state index is 0.468. The van der Waals surface area contributed by atoms with Gasteiger partial charge in [-0.25, -0.2) is 0 Å². The van der Waals surface area contributed by atoms with E-state index in [9.17, 15) is 0 Å². The molecular weight excluding hydrogens is 234 g/mol. The molecule has 0 saturated carbocycles. The number of benzene rings is 1. The van der Waals surface area contributed by atoms with Crippen LogP contribution in [0.15, 0.2) is 47.5 Å². The molecule has 0 aromatic heterocycles. The highest BCUT2D eigenvalue weighted by Gasteiger charge is 2.05. The lowest BCUT2D eigenvalue weighted by Crippen LogP contribution is -2.39. The lowest BCUT2D eigenvalue weighted by atomic mass is 10.0. The van der Waals surface area contributed by atoms with E-state index in [4.69, 9.17) is 0 Å². The molecule has 0 aliphatic rings. The van der Waals surface area contributed by atoms with Crippen LogP contribution in [0.2, 0.25) is 0 Å². The second-order valence-electron chi connectivity index (χ2n) is 4.55. The smallest absolute Gasteiger partial charge is 0.191 e. The van der Waals surface area contributed by atoms with Crippen molar-refractivity contribution < 1.29 is 0 Å². The Morgan fingerprint density at radius 3 is 2.63 bits per heavy atom. The zero-order chi connectivity index (χ0) is 13.9. The summed E-state index contributed by atoms with van der Waals surface area (Å²) in [5.41, 5.74) is 1.35. The van der Waals surface area contributed by atoms with Crippen LogP contribution in [-0.4, -0.2) is 26.1 Å². The summed E-state index contributed by atoms with van der Waals surface area (Å²) in [6, 6.07) is 10.5. The Labute approximate surface area is 116 Å². The highest BCUT2D eigenvalue weighted by molar-refractivity contribution is 5.79. The van der Waals surface area contributed by atoms with Crippen LogP contribution in [0.5, 0.6) is 0 Å². The number of nitrogens with zero attached hydrogens (tertiary/aromatic N) is 1. The van der Waals surface area contributed by atoms with Crippen LogP contribution in [0, 0.1) is 0 Å². The standard InChI is InChI=1S/C16H25N3/c1-4-5-9-12-18-16(17-3)19-13-14(2)15-10-7-6-8-11-15/h4-8,10-11,14H,9,12-13H2,1-3H3,(H2,17,18,19). The zero-order valence-corrected chi connectivity index (χ0v) is 12.2. The van der Waals surface area contributed by atoms with Gasteiger partial charge in [0.1, 0.15) is 0 Å². The second kappa shape index (κ2) is 9.20. The van der Waals surface area contributed by atoms with E-state index in [1.165, 1.54) is 5.56 Å². The van der Waals surface area contributed by atoms with Gasteiger partial charge in [-0.05, 0) is 24.8 Å². The van der Waals surface area contributed by atoms with Gasteiger partial charge in [-0.3, -0.25) is 4.99 Å². The van der Waals surface area contributed by atoms with Gasteiger partial charge in [-0.1, -0.05) is 49.4 Å². The summed E-state index contributed by atoms with van der Waals surface area (Å²) in [5.74, 6) is 1.34. The molecule has 2 N–H and O–H groups in total. The zero-order valence-electron chi connectivity index (χ0n) is 12.2. The summed E-state index contributed by atoms with van der Waals surface area (Å²) in [7, 11) is 1.80. The lowest BCUT2D eigenvalue weighted by Gasteiger charge is -2.16. The van der Waals surface area contributed by atoms with E-state index in [0.29, 0.717) is 5.92 Å². The monoisotopic (exact) mass is 259 g/mol. The molecule has 0 aliphatic carbocycles. The predicted octanol–water partition coefficient (Wildman–Crippen LogP) is 2.92. The molecule has 0 spiro atoms. The van der Waals surface area contributed by atoms with Gasteiger partial charge in [0.15, 0.2) is 5.96 Å². The molecule has 3 heteroatoms. The Morgan fingerprint density at radius 2 is 2.00 bits per heavy atom. The molecule has 0 bridgehead atoms. The maximum atomic E-state index is 4.22. The van der Waals surface area contributed by atoms with E-state index < -0.39 is 0 Å².